The van der Waals surface area contributed by atoms with Crippen molar-refractivity contribution in [3.63, 3.8) is 0 Å². The van der Waals surface area contributed by atoms with Gasteiger partial charge in [-0.25, -0.2) is 4.68 Å². The molecule has 0 fully saturated rings. The Labute approximate surface area is 129 Å². The van der Waals surface area contributed by atoms with Gasteiger partial charge in [0.15, 0.2) is 0 Å². The van der Waals surface area contributed by atoms with Crippen molar-refractivity contribution in [1.82, 2.24) is 9.78 Å². The monoisotopic (exact) mass is 337 g/mol. The van der Waals surface area contributed by atoms with Gasteiger partial charge in [0.05, 0.1) is 21.3 Å². The third kappa shape index (κ3) is 3.11. The van der Waals surface area contributed by atoms with Crippen LogP contribution in [0.5, 0.6) is 0 Å². The molecule has 1 N–H and O–H groups in total. The molecule has 1 aromatic carbocycles. The summed E-state index contributed by atoms with van der Waals surface area (Å²) in [5.41, 5.74) is 0.0943. The molecule has 2 rings (SSSR count). The highest BCUT2D eigenvalue weighted by Crippen LogP contribution is 2.38. The summed E-state index contributed by atoms with van der Waals surface area (Å²) in [7, 11) is 1.68. The molecule has 0 radical (unpaired) electrons. The number of rotatable bonds is 3. The van der Waals surface area contributed by atoms with E-state index in [1.165, 1.54) is 4.68 Å². The highest BCUT2D eigenvalue weighted by molar-refractivity contribution is 6.37. The largest absolute Gasteiger partial charge is 0.416 e. The molecule has 0 aliphatic rings. The second kappa shape index (κ2) is 5.77. The minimum atomic E-state index is -4.50. The van der Waals surface area contributed by atoms with Crippen molar-refractivity contribution in [3.05, 3.63) is 39.5 Å². The number of hydrogen-bond donors (Lipinski definition) is 1. The number of halogens is 5. The molecule has 8 heteroatoms. The van der Waals surface area contributed by atoms with Crippen molar-refractivity contribution in [1.29, 1.82) is 0 Å². The number of aryl methyl sites for hydroxylation is 1. The Morgan fingerprint density at radius 2 is 1.76 bits per heavy atom. The fourth-order valence-electron chi connectivity index (χ4n) is 1.88. The predicted octanol–water partition coefficient (Wildman–Crippen LogP) is 4.80. The van der Waals surface area contributed by atoms with E-state index in [4.69, 9.17) is 23.2 Å². The molecule has 0 unspecified atom stereocenters. The van der Waals surface area contributed by atoms with Crippen molar-refractivity contribution in [2.75, 3.05) is 12.4 Å². The lowest BCUT2D eigenvalue weighted by Gasteiger charge is -2.14. The Morgan fingerprint density at radius 3 is 2.19 bits per heavy atom. The van der Waals surface area contributed by atoms with Crippen molar-refractivity contribution < 1.29 is 13.2 Å². The summed E-state index contributed by atoms with van der Waals surface area (Å²) in [6.45, 7) is 1.92. The first-order valence-electron chi connectivity index (χ1n) is 6.11. The maximum atomic E-state index is 12.7. The Bertz CT molecular complexity index is 642. The molecule has 1 aromatic heterocycles. The van der Waals surface area contributed by atoms with Gasteiger partial charge in [0.2, 0.25) is 0 Å². The second-order valence-electron chi connectivity index (χ2n) is 4.32. The van der Waals surface area contributed by atoms with Gasteiger partial charge < -0.3 is 5.32 Å². The van der Waals surface area contributed by atoms with Crippen molar-refractivity contribution >= 4 is 29.0 Å². The first-order valence-corrected chi connectivity index (χ1v) is 6.86. The molecule has 0 bridgehead atoms. The number of anilines is 1. The fraction of sp³-hybridized carbons (Fsp3) is 0.308. The van der Waals surface area contributed by atoms with E-state index in [0.29, 0.717) is 12.2 Å². The van der Waals surface area contributed by atoms with E-state index in [1.54, 1.807) is 13.1 Å². The molecular weight excluding hydrogens is 326 g/mol. The van der Waals surface area contributed by atoms with Crippen LogP contribution in [0, 0.1) is 0 Å². The summed E-state index contributed by atoms with van der Waals surface area (Å²) in [6.07, 6.45) is -3.83. The van der Waals surface area contributed by atoms with Crippen LogP contribution in [0.1, 0.15) is 18.2 Å². The standard InChI is InChI=1S/C13H12Cl2F3N3/c1-3-8-6-11(19-2)21(20-8)12-9(14)4-7(5-10(12)15)13(16,17)18/h4-6,19H,3H2,1-2H3. The van der Waals surface area contributed by atoms with Crippen molar-refractivity contribution in [3.8, 4) is 5.69 Å². The van der Waals surface area contributed by atoms with E-state index in [2.05, 4.69) is 10.4 Å². The van der Waals surface area contributed by atoms with Gasteiger partial charge >= 0.3 is 6.18 Å². The first-order chi connectivity index (χ1) is 9.77. The molecule has 2 aromatic rings. The normalized spacial score (nSPS) is 11.8. The zero-order valence-electron chi connectivity index (χ0n) is 11.2. The molecule has 0 saturated carbocycles. The number of aromatic nitrogens is 2. The minimum absolute atomic E-state index is 0.114. The third-order valence-electron chi connectivity index (χ3n) is 2.93. The van der Waals surface area contributed by atoms with Crippen molar-refractivity contribution in [2.45, 2.75) is 19.5 Å². The predicted molar refractivity (Wildman–Crippen MR) is 77.5 cm³/mol. The molecule has 1 heterocycles. The fourth-order valence-corrected chi connectivity index (χ4v) is 2.53. The van der Waals surface area contributed by atoms with Gasteiger partial charge in [0, 0.05) is 13.1 Å². The van der Waals surface area contributed by atoms with E-state index >= 15 is 0 Å². The minimum Gasteiger partial charge on any atom is -0.373 e. The maximum Gasteiger partial charge on any atom is 0.416 e. The molecule has 3 nitrogen and oxygen atoms in total. The van der Waals surface area contributed by atoms with Gasteiger partial charge in [-0.3, -0.25) is 0 Å². The van der Waals surface area contributed by atoms with Gasteiger partial charge in [0.1, 0.15) is 11.5 Å². The van der Waals surface area contributed by atoms with Crippen LogP contribution in [0.25, 0.3) is 5.69 Å². The number of benzene rings is 1. The lowest BCUT2D eigenvalue weighted by Crippen LogP contribution is -2.08. The number of alkyl halides is 3. The molecule has 21 heavy (non-hydrogen) atoms. The SMILES string of the molecule is CCc1cc(NC)n(-c2c(Cl)cc(C(F)(F)F)cc2Cl)n1. The van der Waals surface area contributed by atoms with Gasteiger partial charge in [-0.1, -0.05) is 30.1 Å². The zero-order chi connectivity index (χ0) is 15.8. The molecule has 0 aliphatic carbocycles. The summed E-state index contributed by atoms with van der Waals surface area (Å²) in [5.74, 6) is 0.593. The lowest BCUT2D eigenvalue weighted by molar-refractivity contribution is -0.137. The average molecular weight is 338 g/mol. The average Bonchev–Trinajstić information content (AvgIpc) is 2.80. The van der Waals surface area contributed by atoms with Crippen LogP contribution in [0.2, 0.25) is 10.0 Å². The summed E-state index contributed by atoms with van der Waals surface area (Å²) in [4.78, 5) is 0. The van der Waals surface area contributed by atoms with Gasteiger partial charge in [-0.15, -0.1) is 0 Å². The van der Waals surface area contributed by atoms with Crippen LogP contribution in [0.4, 0.5) is 19.0 Å². The first kappa shape index (κ1) is 16.0. The quantitative estimate of drug-likeness (QED) is 0.871. The van der Waals surface area contributed by atoms with E-state index in [0.717, 1.165) is 17.8 Å². The van der Waals surface area contributed by atoms with E-state index < -0.39 is 11.7 Å². The number of nitrogens with zero attached hydrogens (tertiary/aromatic N) is 2. The maximum absolute atomic E-state index is 12.7. The Hall–Kier alpha value is -1.40. The van der Waals surface area contributed by atoms with E-state index in [1.807, 2.05) is 6.92 Å². The van der Waals surface area contributed by atoms with Gasteiger partial charge in [0.25, 0.3) is 0 Å². The molecule has 0 aliphatic heterocycles. The smallest absolute Gasteiger partial charge is 0.373 e. The van der Waals surface area contributed by atoms with E-state index in [-0.39, 0.29) is 15.7 Å². The summed E-state index contributed by atoms with van der Waals surface area (Å²) in [6, 6.07) is 3.47. The van der Waals surface area contributed by atoms with Crippen LogP contribution < -0.4 is 5.32 Å². The molecule has 114 valence electrons. The van der Waals surface area contributed by atoms with E-state index in [9.17, 15) is 13.2 Å². The van der Waals surface area contributed by atoms with Crippen molar-refractivity contribution in [2.24, 2.45) is 0 Å². The number of nitrogens with one attached hydrogen (secondary N) is 1. The molecular formula is C13H12Cl2F3N3. The van der Waals surface area contributed by atoms with Crippen LogP contribution in [0.15, 0.2) is 18.2 Å². The topological polar surface area (TPSA) is 29.9 Å². The van der Waals surface area contributed by atoms with Gasteiger partial charge in [-0.05, 0) is 18.6 Å². The molecule has 0 atom stereocenters. The lowest BCUT2D eigenvalue weighted by atomic mass is 10.2. The molecule has 0 amide bonds. The van der Waals surface area contributed by atoms with Crippen LogP contribution in [-0.2, 0) is 12.6 Å². The molecule has 0 saturated heterocycles. The Morgan fingerprint density at radius 1 is 1.19 bits per heavy atom. The summed E-state index contributed by atoms with van der Waals surface area (Å²) < 4.78 is 39.6. The molecule has 0 spiro atoms. The summed E-state index contributed by atoms with van der Waals surface area (Å²) in [5, 5.41) is 6.97. The zero-order valence-corrected chi connectivity index (χ0v) is 12.7. The van der Waals surface area contributed by atoms with Crippen LogP contribution >= 0.6 is 23.2 Å². The second-order valence-corrected chi connectivity index (χ2v) is 5.14. The van der Waals surface area contributed by atoms with Crippen LogP contribution in [-0.4, -0.2) is 16.8 Å². The Kier molecular flexibility index (Phi) is 4.39. The van der Waals surface area contributed by atoms with Gasteiger partial charge in [-0.2, -0.15) is 18.3 Å². The summed E-state index contributed by atoms with van der Waals surface area (Å²) >= 11 is 12.0. The number of hydrogen-bond acceptors (Lipinski definition) is 2. The van der Waals surface area contributed by atoms with Crippen LogP contribution in [0.3, 0.4) is 0 Å². The Balaban J connectivity index is 2.62. The third-order valence-corrected chi connectivity index (χ3v) is 3.51. The highest BCUT2D eigenvalue weighted by atomic mass is 35.5. The highest BCUT2D eigenvalue weighted by Gasteiger charge is 2.32.